The fraction of sp³-hybridized carbons (Fsp3) is 0.0698. The molecule has 0 N–H and O–H groups in total. The molecule has 1 unspecified atom stereocenters. The second-order valence-electron chi connectivity index (χ2n) is 11.9. The van der Waals surface area contributed by atoms with Gasteiger partial charge in [0, 0.05) is 16.9 Å². The summed E-state index contributed by atoms with van der Waals surface area (Å²) in [6.07, 6.45) is 15.2. The van der Waals surface area contributed by atoms with Crippen LogP contribution < -0.4 is 0 Å². The average Bonchev–Trinajstić information content (AvgIpc) is 3.25. The molecule has 208 valence electrons. The Labute approximate surface area is 257 Å². The molecule has 0 aliphatic heterocycles. The summed E-state index contributed by atoms with van der Waals surface area (Å²) in [6, 6.07) is 42.6. The lowest BCUT2D eigenvalue weighted by Gasteiger charge is -2.23. The number of allylic oxidation sites excluding steroid dienone is 3. The molecule has 2 aliphatic rings. The van der Waals surface area contributed by atoms with Crippen LogP contribution in [0.25, 0.3) is 73.0 Å². The second-order valence-corrected chi connectivity index (χ2v) is 11.9. The summed E-state index contributed by atoms with van der Waals surface area (Å²) in [5.41, 5.74) is 11.2. The Bertz CT molecular complexity index is 2280. The number of fused-ring (bicyclic) bond motifs is 6. The molecular formula is C43H30O. The maximum Gasteiger partial charge on any atom is 0.135 e. The van der Waals surface area contributed by atoms with Gasteiger partial charge in [-0.05, 0) is 91.5 Å². The standard InChI is InChI=1S/C43H30O/c1-2-17-34-39-27-31(24-25-41(39)44-40(34)23-3-1)43-37-20-8-6-18-35(37)42(36-19-7-9-21-38(36)43)30-15-10-14-29(26-30)33-22-11-13-28-12-4-5-16-32(28)33/h2-21,23-27,33H,1,22H2. The van der Waals surface area contributed by atoms with Crippen LogP contribution in [-0.4, -0.2) is 0 Å². The second kappa shape index (κ2) is 10.1. The van der Waals surface area contributed by atoms with Gasteiger partial charge >= 0.3 is 0 Å². The summed E-state index contributed by atoms with van der Waals surface area (Å²) in [6.45, 7) is 0. The number of hydrogen-bond donors (Lipinski definition) is 0. The van der Waals surface area contributed by atoms with Crippen LogP contribution in [0.3, 0.4) is 0 Å². The highest BCUT2D eigenvalue weighted by Crippen LogP contribution is 2.46. The third kappa shape index (κ3) is 3.93. The minimum Gasteiger partial charge on any atom is -0.456 e. The fourth-order valence-corrected chi connectivity index (χ4v) is 7.44. The molecule has 1 atom stereocenters. The molecule has 44 heavy (non-hydrogen) atoms. The predicted molar refractivity (Wildman–Crippen MR) is 187 cm³/mol. The van der Waals surface area contributed by atoms with E-state index in [1.165, 1.54) is 60.5 Å². The van der Waals surface area contributed by atoms with Crippen LogP contribution in [0, 0.1) is 0 Å². The van der Waals surface area contributed by atoms with E-state index in [4.69, 9.17) is 4.42 Å². The molecular weight excluding hydrogens is 532 g/mol. The Morgan fingerprint density at radius 3 is 1.98 bits per heavy atom. The zero-order valence-electron chi connectivity index (χ0n) is 24.3. The summed E-state index contributed by atoms with van der Waals surface area (Å²) in [5, 5.41) is 6.24. The minimum atomic E-state index is 0.355. The van der Waals surface area contributed by atoms with E-state index < -0.39 is 0 Å². The monoisotopic (exact) mass is 562 g/mol. The van der Waals surface area contributed by atoms with Gasteiger partial charge in [-0.1, -0.05) is 134 Å². The van der Waals surface area contributed by atoms with Gasteiger partial charge in [0.15, 0.2) is 0 Å². The largest absolute Gasteiger partial charge is 0.456 e. The fourth-order valence-electron chi connectivity index (χ4n) is 7.44. The van der Waals surface area contributed by atoms with E-state index in [2.05, 4.69) is 152 Å². The topological polar surface area (TPSA) is 13.1 Å². The van der Waals surface area contributed by atoms with Crippen molar-refractivity contribution in [1.82, 2.24) is 0 Å². The van der Waals surface area contributed by atoms with Gasteiger partial charge in [0.2, 0.25) is 0 Å². The zero-order chi connectivity index (χ0) is 29.0. The SMILES string of the molecule is C1=Cc2oc3ccc(-c4c5ccccc5c(-c5cccc(C6CC=Cc7ccccc76)c5)c5ccccc45)cc3c2C=CC1. The van der Waals surface area contributed by atoms with Crippen molar-refractivity contribution in [3.8, 4) is 22.3 Å². The molecule has 1 nitrogen and oxygen atoms in total. The lowest BCUT2D eigenvalue weighted by molar-refractivity contribution is 0.603. The van der Waals surface area contributed by atoms with Crippen LogP contribution in [0.15, 0.2) is 138 Å². The predicted octanol–water partition coefficient (Wildman–Crippen LogP) is 12.1. The van der Waals surface area contributed by atoms with E-state index in [9.17, 15) is 0 Å². The van der Waals surface area contributed by atoms with Crippen LogP contribution in [0.2, 0.25) is 0 Å². The molecule has 0 saturated heterocycles. The Balaban J connectivity index is 1.28. The first-order valence-electron chi connectivity index (χ1n) is 15.5. The van der Waals surface area contributed by atoms with Crippen molar-refractivity contribution in [2.45, 2.75) is 18.8 Å². The van der Waals surface area contributed by atoms with Gasteiger partial charge in [-0.15, -0.1) is 0 Å². The molecule has 0 amide bonds. The molecule has 1 heteroatoms. The maximum absolute atomic E-state index is 6.25. The number of benzene rings is 6. The van der Waals surface area contributed by atoms with E-state index in [-0.39, 0.29) is 0 Å². The smallest absolute Gasteiger partial charge is 0.135 e. The van der Waals surface area contributed by atoms with Crippen molar-refractivity contribution in [2.24, 2.45) is 0 Å². The highest BCUT2D eigenvalue weighted by atomic mass is 16.3. The van der Waals surface area contributed by atoms with Gasteiger partial charge in [0.1, 0.15) is 11.3 Å². The Morgan fingerprint density at radius 1 is 0.523 bits per heavy atom. The summed E-state index contributed by atoms with van der Waals surface area (Å²) < 4.78 is 6.25. The molecule has 6 aromatic carbocycles. The molecule has 0 spiro atoms. The van der Waals surface area contributed by atoms with Gasteiger partial charge in [-0.25, -0.2) is 0 Å². The molecule has 0 radical (unpaired) electrons. The van der Waals surface area contributed by atoms with Crippen molar-refractivity contribution in [2.75, 3.05) is 0 Å². The third-order valence-electron chi connectivity index (χ3n) is 9.42. The molecule has 1 heterocycles. The number of rotatable bonds is 3. The highest BCUT2D eigenvalue weighted by Gasteiger charge is 2.21. The summed E-state index contributed by atoms with van der Waals surface area (Å²) >= 11 is 0. The van der Waals surface area contributed by atoms with Gasteiger partial charge in [-0.2, -0.15) is 0 Å². The average molecular weight is 563 g/mol. The lowest BCUT2D eigenvalue weighted by Crippen LogP contribution is -2.05. The number of furan rings is 1. The van der Waals surface area contributed by atoms with Crippen LogP contribution in [0.4, 0.5) is 0 Å². The normalized spacial score (nSPS) is 15.5. The molecule has 0 saturated carbocycles. The summed E-state index contributed by atoms with van der Waals surface area (Å²) in [5.74, 6) is 1.29. The van der Waals surface area contributed by atoms with Crippen molar-refractivity contribution in [3.05, 3.63) is 162 Å². The van der Waals surface area contributed by atoms with E-state index in [1.807, 2.05) is 0 Å². The van der Waals surface area contributed by atoms with Gasteiger partial charge < -0.3 is 4.42 Å². The van der Waals surface area contributed by atoms with Gasteiger partial charge in [0.05, 0.1) is 0 Å². The molecule has 7 aromatic rings. The molecule has 0 fully saturated rings. The minimum absolute atomic E-state index is 0.355. The Morgan fingerprint density at radius 2 is 1.20 bits per heavy atom. The van der Waals surface area contributed by atoms with Gasteiger partial charge in [-0.3, -0.25) is 0 Å². The lowest BCUT2D eigenvalue weighted by atomic mass is 9.80. The Kier molecular flexibility index (Phi) is 5.77. The molecule has 0 bridgehead atoms. The molecule has 1 aromatic heterocycles. The van der Waals surface area contributed by atoms with Crippen molar-refractivity contribution in [1.29, 1.82) is 0 Å². The van der Waals surface area contributed by atoms with Gasteiger partial charge in [0.25, 0.3) is 0 Å². The first-order valence-corrected chi connectivity index (χ1v) is 15.5. The van der Waals surface area contributed by atoms with E-state index in [0.717, 1.165) is 35.1 Å². The third-order valence-corrected chi connectivity index (χ3v) is 9.42. The van der Waals surface area contributed by atoms with E-state index in [0.29, 0.717) is 5.92 Å². The van der Waals surface area contributed by atoms with E-state index >= 15 is 0 Å². The van der Waals surface area contributed by atoms with Crippen molar-refractivity contribution in [3.63, 3.8) is 0 Å². The zero-order valence-corrected chi connectivity index (χ0v) is 24.3. The van der Waals surface area contributed by atoms with Crippen molar-refractivity contribution < 1.29 is 4.42 Å². The molecule has 2 aliphatic carbocycles. The van der Waals surface area contributed by atoms with Crippen LogP contribution in [-0.2, 0) is 0 Å². The quantitative estimate of drug-likeness (QED) is 0.195. The van der Waals surface area contributed by atoms with Crippen LogP contribution >= 0.6 is 0 Å². The maximum atomic E-state index is 6.25. The van der Waals surface area contributed by atoms with Crippen LogP contribution in [0.5, 0.6) is 0 Å². The first kappa shape index (κ1) is 25.1. The first-order chi connectivity index (χ1) is 21.8. The highest BCUT2D eigenvalue weighted by molar-refractivity contribution is 6.21. The van der Waals surface area contributed by atoms with Crippen molar-refractivity contribution >= 4 is 50.7 Å². The van der Waals surface area contributed by atoms with Crippen LogP contribution in [0.1, 0.15) is 46.8 Å². The summed E-state index contributed by atoms with van der Waals surface area (Å²) in [4.78, 5) is 0. The Hall–Kier alpha value is -5.40. The number of hydrogen-bond acceptors (Lipinski definition) is 1. The molecule has 9 rings (SSSR count). The van der Waals surface area contributed by atoms with E-state index in [1.54, 1.807) is 0 Å². The summed E-state index contributed by atoms with van der Waals surface area (Å²) in [7, 11) is 0.